The van der Waals surface area contributed by atoms with E-state index in [4.69, 9.17) is 10.5 Å². The average Bonchev–Trinajstić information content (AvgIpc) is 2.61. The zero-order valence-corrected chi connectivity index (χ0v) is 13.6. The van der Waals surface area contributed by atoms with Gasteiger partial charge in [0.1, 0.15) is 20.2 Å². The molecule has 4 rings (SSSR count). The van der Waals surface area contributed by atoms with Gasteiger partial charge < -0.3 is 10.5 Å². The topological polar surface area (TPSA) is 35.2 Å². The molecule has 0 radical (unpaired) electrons. The van der Waals surface area contributed by atoms with E-state index in [2.05, 4.69) is 50.3 Å². The van der Waals surface area contributed by atoms with Crippen LogP contribution in [0.25, 0.3) is 21.5 Å². The maximum absolute atomic E-state index is 6.27. The molecule has 0 aromatic heterocycles. The molecule has 0 spiro atoms. The van der Waals surface area contributed by atoms with E-state index in [1.54, 1.807) is 0 Å². The number of rotatable bonds is 3. The van der Waals surface area contributed by atoms with Crippen molar-refractivity contribution in [1.29, 1.82) is 0 Å². The third-order valence-electron chi connectivity index (χ3n) is 4.39. The van der Waals surface area contributed by atoms with Crippen molar-refractivity contribution in [2.24, 2.45) is 0 Å². The van der Waals surface area contributed by atoms with Gasteiger partial charge in [0.15, 0.2) is 0 Å². The predicted octanol–water partition coefficient (Wildman–Crippen LogP) is 3.41. The van der Waals surface area contributed by atoms with E-state index in [1.807, 2.05) is 30.3 Å². The van der Waals surface area contributed by atoms with Gasteiger partial charge in [-0.15, -0.1) is 0 Å². The van der Waals surface area contributed by atoms with Gasteiger partial charge in [-0.05, 0) is 33.9 Å². The Balaban J connectivity index is 1.60. The van der Waals surface area contributed by atoms with Gasteiger partial charge in [0, 0.05) is 5.39 Å². The summed E-state index contributed by atoms with van der Waals surface area (Å²) < 4.78 is 5.98. The van der Waals surface area contributed by atoms with Gasteiger partial charge >= 0.3 is 0 Å². The van der Waals surface area contributed by atoms with Crippen molar-refractivity contribution >= 4 is 40.5 Å². The van der Waals surface area contributed by atoms with Crippen LogP contribution in [0, 0.1) is 0 Å². The molecule has 0 saturated carbocycles. The van der Waals surface area contributed by atoms with Gasteiger partial charge in [0.2, 0.25) is 0 Å². The second-order valence-electron chi connectivity index (χ2n) is 6.17. The molecule has 0 heterocycles. The average molecular weight is 311 g/mol. The molecule has 116 valence electrons. The number of anilines is 1. The molecule has 0 saturated heterocycles. The number of benzene rings is 4. The summed E-state index contributed by atoms with van der Waals surface area (Å²) in [7, 11) is 2.11. The Morgan fingerprint density at radius 1 is 0.792 bits per heavy atom. The molecule has 0 fully saturated rings. The van der Waals surface area contributed by atoms with Crippen LogP contribution in [-0.2, 0) is 6.61 Å². The molecule has 2 N–H and O–H groups in total. The number of nitrogen functional groups attached to an aromatic ring is 1. The molecular weight excluding hydrogens is 293 g/mol. The highest BCUT2D eigenvalue weighted by atomic mass is 16.5. The second-order valence-corrected chi connectivity index (χ2v) is 6.17. The molecule has 4 aromatic rings. The second kappa shape index (κ2) is 5.93. The van der Waals surface area contributed by atoms with E-state index in [0.717, 1.165) is 22.1 Å². The zero-order chi connectivity index (χ0) is 16.5. The summed E-state index contributed by atoms with van der Waals surface area (Å²) in [5, 5.41) is 4.64. The van der Waals surface area contributed by atoms with Gasteiger partial charge in [-0.3, -0.25) is 0 Å². The van der Waals surface area contributed by atoms with Crippen LogP contribution in [-0.4, -0.2) is 7.85 Å². The maximum atomic E-state index is 6.27. The normalized spacial score (nSPS) is 11.0. The van der Waals surface area contributed by atoms with Crippen molar-refractivity contribution < 1.29 is 4.74 Å². The van der Waals surface area contributed by atoms with Crippen LogP contribution in [0.4, 0.5) is 5.69 Å². The fraction of sp³-hybridized carbons (Fsp3) is 0.0476. The molecule has 0 aliphatic carbocycles. The Hall–Kier alpha value is -2.94. The summed E-state index contributed by atoms with van der Waals surface area (Å²) in [5.41, 5.74) is 9.38. The molecule has 0 amide bonds. The maximum Gasteiger partial charge on any atom is 0.143 e. The van der Waals surface area contributed by atoms with Gasteiger partial charge in [0.25, 0.3) is 0 Å². The Morgan fingerprint density at radius 2 is 1.54 bits per heavy atom. The van der Waals surface area contributed by atoms with E-state index < -0.39 is 0 Å². The first kappa shape index (κ1) is 14.6. The van der Waals surface area contributed by atoms with Crippen LogP contribution >= 0.6 is 0 Å². The fourth-order valence-corrected chi connectivity index (χ4v) is 3.07. The first-order chi connectivity index (χ1) is 11.7. The molecule has 4 aromatic carbocycles. The van der Waals surface area contributed by atoms with Gasteiger partial charge in [-0.2, -0.15) is 0 Å². The summed E-state index contributed by atoms with van der Waals surface area (Å²) in [4.78, 5) is 0. The summed E-state index contributed by atoms with van der Waals surface area (Å²) in [5.74, 6) is 0.734. The lowest BCUT2D eigenvalue weighted by atomic mass is 9.93. The van der Waals surface area contributed by atoms with Crippen LogP contribution in [0.3, 0.4) is 0 Å². The Labute approximate surface area is 142 Å². The lowest BCUT2D eigenvalue weighted by Gasteiger charge is -2.12. The lowest BCUT2D eigenvalue weighted by molar-refractivity contribution is 0.308. The first-order valence-corrected chi connectivity index (χ1v) is 8.10. The number of nitrogens with two attached hydrogens (primary N) is 1. The largest absolute Gasteiger partial charge is 0.487 e. The highest BCUT2D eigenvalue weighted by molar-refractivity contribution is 6.33. The Kier molecular flexibility index (Phi) is 3.62. The third-order valence-corrected chi connectivity index (χ3v) is 4.39. The fourth-order valence-electron chi connectivity index (χ4n) is 3.07. The third kappa shape index (κ3) is 2.69. The summed E-state index contributed by atoms with van der Waals surface area (Å²) in [6.45, 7) is 0.506. The summed E-state index contributed by atoms with van der Waals surface area (Å²) in [6, 6.07) is 25.0. The standard InChI is InChI=1S/C21H18BNO/c22-18-9-7-16-11-14(5-6-17(16)12-18)13-24-20-10-8-15-3-1-2-4-19(15)21(20)23/h1-12H,13,22-23H2. The van der Waals surface area contributed by atoms with Crippen LogP contribution in [0.5, 0.6) is 5.75 Å². The van der Waals surface area contributed by atoms with E-state index >= 15 is 0 Å². The monoisotopic (exact) mass is 311 g/mol. The highest BCUT2D eigenvalue weighted by Crippen LogP contribution is 2.31. The number of fused-ring (bicyclic) bond motifs is 2. The van der Waals surface area contributed by atoms with Crippen molar-refractivity contribution in [3.05, 3.63) is 78.4 Å². The summed E-state index contributed by atoms with van der Waals surface area (Å²) >= 11 is 0. The zero-order valence-electron chi connectivity index (χ0n) is 13.6. The molecule has 0 aliphatic rings. The van der Waals surface area contributed by atoms with E-state index in [-0.39, 0.29) is 0 Å². The van der Waals surface area contributed by atoms with Crippen molar-refractivity contribution in [2.45, 2.75) is 6.61 Å². The Morgan fingerprint density at radius 3 is 2.46 bits per heavy atom. The van der Waals surface area contributed by atoms with Crippen molar-refractivity contribution in [3.63, 3.8) is 0 Å². The quantitative estimate of drug-likeness (QED) is 0.465. The molecule has 0 atom stereocenters. The number of hydrogen-bond acceptors (Lipinski definition) is 2. The molecule has 0 aliphatic heterocycles. The molecule has 0 bridgehead atoms. The minimum atomic E-state index is 0.506. The summed E-state index contributed by atoms with van der Waals surface area (Å²) in [6.07, 6.45) is 0. The van der Waals surface area contributed by atoms with E-state index in [9.17, 15) is 0 Å². The number of hydrogen-bond donors (Lipinski definition) is 1. The molecular formula is C21H18BNO. The van der Waals surface area contributed by atoms with Crippen molar-refractivity contribution in [2.75, 3.05) is 5.73 Å². The number of ether oxygens (including phenoxy) is 1. The molecule has 2 nitrogen and oxygen atoms in total. The highest BCUT2D eigenvalue weighted by Gasteiger charge is 2.06. The molecule has 0 unspecified atom stereocenters. The SMILES string of the molecule is Bc1ccc2cc(COc3ccc4ccccc4c3N)ccc2c1. The lowest BCUT2D eigenvalue weighted by Crippen LogP contribution is -2.01. The smallest absolute Gasteiger partial charge is 0.143 e. The van der Waals surface area contributed by atoms with Crippen LogP contribution in [0.15, 0.2) is 72.8 Å². The molecule has 24 heavy (non-hydrogen) atoms. The van der Waals surface area contributed by atoms with Crippen LogP contribution in [0.2, 0.25) is 0 Å². The minimum absolute atomic E-state index is 0.506. The van der Waals surface area contributed by atoms with Gasteiger partial charge in [-0.1, -0.05) is 66.1 Å². The van der Waals surface area contributed by atoms with Crippen LogP contribution in [0.1, 0.15) is 5.56 Å². The predicted molar refractivity (Wildman–Crippen MR) is 105 cm³/mol. The van der Waals surface area contributed by atoms with Gasteiger partial charge in [0.05, 0.1) is 5.69 Å². The van der Waals surface area contributed by atoms with Crippen LogP contribution < -0.4 is 15.9 Å². The van der Waals surface area contributed by atoms with Crippen molar-refractivity contribution in [1.82, 2.24) is 0 Å². The van der Waals surface area contributed by atoms with Crippen molar-refractivity contribution in [3.8, 4) is 5.75 Å². The minimum Gasteiger partial charge on any atom is -0.487 e. The van der Waals surface area contributed by atoms with E-state index in [1.165, 1.54) is 16.2 Å². The molecule has 3 heteroatoms. The first-order valence-electron chi connectivity index (χ1n) is 8.10. The van der Waals surface area contributed by atoms with E-state index in [0.29, 0.717) is 12.3 Å². The van der Waals surface area contributed by atoms with Gasteiger partial charge in [-0.25, -0.2) is 0 Å². The Bertz CT molecular complexity index is 1040.